The van der Waals surface area contributed by atoms with Crippen LogP contribution in [0.2, 0.25) is 0 Å². The van der Waals surface area contributed by atoms with Gasteiger partial charge >= 0.3 is 6.03 Å². The normalized spacial score (nSPS) is 16.0. The van der Waals surface area contributed by atoms with E-state index in [0.29, 0.717) is 18.0 Å². The Labute approximate surface area is 169 Å². The van der Waals surface area contributed by atoms with E-state index < -0.39 is 17.8 Å². The molecule has 0 atom stereocenters. The van der Waals surface area contributed by atoms with Crippen molar-refractivity contribution in [1.29, 1.82) is 0 Å². The number of nitrogens with zero attached hydrogens (tertiary/aromatic N) is 2. The van der Waals surface area contributed by atoms with Crippen LogP contribution in [0.4, 0.5) is 10.5 Å². The van der Waals surface area contributed by atoms with Crippen LogP contribution in [0.1, 0.15) is 43.8 Å². The van der Waals surface area contributed by atoms with Crippen LogP contribution in [-0.4, -0.2) is 29.0 Å². The second kappa shape index (κ2) is 7.95. The minimum Gasteiger partial charge on any atom is -0.492 e. The second-order valence-corrected chi connectivity index (χ2v) is 7.15. The molecule has 1 saturated heterocycles. The van der Waals surface area contributed by atoms with Crippen LogP contribution in [-0.2, 0) is 9.59 Å². The second-order valence-electron chi connectivity index (χ2n) is 7.15. The number of carbonyl (C=O) groups is 3. The van der Waals surface area contributed by atoms with Gasteiger partial charge in [-0.15, -0.1) is 0 Å². The molecule has 7 heteroatoms. The van der Waals surface area contributed by atoms with Gasteiger partial charge in [-0.2, -0.15) is 0 Å². The Bertz CT molecular complexity index is 1020. The molecule has 0 spiro atoms. The first kappa shape index (κ1) is 20.4. The number of urea groups is 1. The number of hydrogen-bond donors (Lipinski definition) is 1. The van der Waals surface area contributed by atoms with E-state index in [1.807, 2.05) is 26.8 Å². The molecule has 7 nitrogen and oxygen atoms in total. The number of carbonyl (C=O) groups excluding carboxylic acids is 3. The highest BCUT2D eigenvalue weighted by atomic mass is 16.5. The highest BCUT2D eigenvalue weighted by Crippen LogP contribution is 2.31. The third-order valence-electron chi connectivity index (χ3n) is 4.85. The lowest BCUT2D eigenvalue weighted by Gasteiger charge is -2.27. The Hall–Kier alpha value is -3.35. The monoisotopic (exact) mass is 395 g/mol. The van der Waals surface area contributed by atoms with E-state index in [0.717, 1.165) is 21.9 Å². The van der Waals surface area contributed by atoms with Crippen LogP contribution in [0.15, 0.2) is 35.9 Å². The Morgan fingerprint density at radius 3 is 2.45 bits per heavy atom. The van der Waals surface area contributed by atoms with Gasteiger partial charge in [0.25, 0.3) is 11.8 Å². The number of amides is 4. The van der Waals surface area contributed by atoms with Crippen molar-refractivity contribution in [2.45, 2.75) is 40.7 Å². The number of rotatable bonds is 5. The first-order valence-electron chi connectivity index (χ1n) is 9.58. The number of nitrogens with one attached hydrogen (secondary N) is 1. The van der Waals surface area contributed by atoms with Gasteiger partial charge in [0, 0.05) is 17.4 Å². The zero-order valence-electron chi connectivity index (χ0n) is 17.3. The van der Waals surface area contributed by atoms with Crippen LogP contribution in [0, 0.1) is 13.8 Å². The largest absolute Gasteiger partial charge is 0.492 e. The molecule has 2 heterocycles. The molecule has 1 aliphatic heterocycles. The van der Waals surface area contributed by atoms with Crippen molar-refractivity contribution in [2.75, 3.05) is 11.5 Å². The summed E-state index contributed by atoms with van der Waals surface area (Å²) in [4.78, 5) is 39.0. The smallest absolute Gasteiger partial charge is 0.336 e. The molecular formula is C22H25N3O4. The van der Waals surface area contributed by atoms with Crippen LogP contribution in [0.3, 0.4) is 0 Å². The van der Waals surface area contributed by atoms with Gasteiger partial charge in [0.1, 0.15) is 11.3 Å². The summed E-state index contributed by atoms with van der Waals surface area (Å²) >= 11 is 0. The number of ether oxygens (including phenoxy) is 1. The molecule has 1 fully saturated rings. The van der Waals surface area contributed by atoms with Gasteiger partial charge < -0.3 is 9.30 Å². The van der Waals surface area contributed by atoms with Crippen LogP contribution in [0.5, 0.6) is 5.75 Å². The number of benzene rings is 1. The first-order chi connectivity index (χ1) is 13.8. The summed E-state index contributed by atoms with van der Waals surface area (Å²) in [5.74, 6) is -0.995. The molecule has 1 aliphatic rings. The summed E-state index contributed by atoms with van der Waals surface area (Å²) in [5, 5.41) is 2.26. The van der Waals surface area contributed by atoms with E-state index in [2.05, 4.69) is 23.7 Å². The Balaban J connectivity index is 2.07. The van der Waals surface area contributed by atoms with Crippen LogP contribution >= 0.6 is 0 Å². The Kier molecular flexibility index (Phi) is 5.59. The molecule has 1 aromatic carbocycles. The quantitative estimate of drug-likeness (QED) is 0.618. The minimum absolute atomic E-state index is 0.0973. The van der Waals surface area contributed by atoms with E-state index in [1.54, 1.807) is 30.3 Å². The SMILES string of the molecule is CCOc1ccccc1N1C(=O)NC(=O)/C(=C\c2cc(C)n(C(C)C)c2C)C1=O. The summed E-state index contributed by atoms with van der Waals surface area (Å²) in [7, 11) is 0. The highest BCUT2D eigenvalue weighted by molar-refractivity contribution is 6.39. The molecule has 3 rings (SSSR count). The number of para-hydroxylation sites is 2. The predicted octanol–water partition coefficient (Wildman–Crippen LogP) is 3.75. The molecule has 1 N–H and O–H groups in total. The molecule has 1 aromatic heterocycles. The number of hydrogen-bond acceptors (Lipinski definition) is 4. The van der Waals surface area contributed by atoms with E-state index in [-0.39, 0.29) is 11.6 Å². The van der Waals surface area contributed by atoms with E-state index in [9.17, 15) is 14.4 Å². The topological polar surface area (TPSA) is 80.6 Å². The van der Waals surface area contributed by atoms with Crippen molar-refractivity contribution < 1.29 is 19.1 Å². The maximum atomic E-state index is 13.2. The highest BCUT2D eigenvalue weighted by Gasteiger charge is 2.38. The fraction of sp³-hybridized carbons (Fsp3) is 0.318. The molecular weight excluding hydrogens is 370 g/mol. The minimum atomic E-state index is -0.794. The lowest BCUT2D eigenvalue weighted by Crippen LogP contribution is -2.54. The van der Waals surface area contributed by atoms with Gasteiger partial charge in [0.2, 0.25) is 0 Å². The zero-order chi connectivity index (χ0) is 21.3. The predicted molar refractivity (Wildman–Crippen MR) is 111 cm³/mol. The number of barbiturate groups is 1. The summed E-state index contributed by atoms with van der Waals surface area (Å²) in [6.07, 6.45) is 1.54. The van der Waals surface area contributed by atoms with Crippen molar-refractivity contribution in [2.24, 2.45) is 0 Å². The summed E-state index contributed by atoms with van der Waals surface area (Å²) in [6, 6.07) is 8.12. The van der Waals surface area contributed by atoms with Crippen molar-refractivity contribution in [1.82, 2.24) is 9.88 Å². The molecule has 0 bridgehead atoms. The molecule has 0 unspecified atom stereocenters. The molecule has 2 aromatic rings. The van der Waals surface area contributed by atoms with Crippen molar-refractivity contribution in [3.05, 3.63) is 52.9 Å². The van der Waals surface area contributed by atoms with Crippen molar-refractivity contribution >= 4 is 29.6 Å². The molecule has 0 aliphatic carbocycles. The zero-order valence-corrected chi connectivity index (χ0v) is 17.3. The van der Waals surface area contributed by atoms with E-state index >= 15 is 0 Å². The molecule has 152 valence electrons. The van der Waals surface area contributed by atoms with Crippen molar-refractivity contribution in [3.63, 3.8) is 0 Å². The van der Waals surface area contributed by atoms with E-state index in [1.165, 1.54) is 0 Å². The fourth-order valence-electron chi connectivity index (χ4n) is 3.69. The van der Waals surface area contributed by atoms with Gasteiger partial charge in [-0.25, -0.2) is 9.69 Å². The Morgan fingerprint density at radius 2 is 1.83 bits per heavy atom. The van der Waals surface area contributed by atoms with Gasteiger partial charge in [0.15, 0.2) is 0 Å². The summed E-state index contributed by atoms with van der Waals surface area (Å²) in [6.45, 7) is 10.3. The average Bonchev–Trinajstić information content (AvgIpc) is 2.93. The lowest BCUT2D eigenvalue weighted by molar-refractivity contribution is -0.122. The maximum Gasteiger partial charge on any atom is 0.336 e. The third kappa shape index (κ3) is 3.68. The summed E-state index contributed by atoms with van der Waals surface area (Å²) < 4.78 is 7.68. The van der Waals surface area contributed by atoms with Gasteiger partial charge in [-0.3, -0.25) is 14.9 Å². The number of aryl methyl sites for hydroxylation is 1. The molecule has 0 saturated carbocycles. The van der Waals surface area contributed by atoms with Crippen LogP contribution in [0.25, 0.3) is 6.08 Å². The van der Waals surface area contributed by atoms with Gasteiger partial charge in [-0.1, -0.05) is 12.1 Å². The molecule has 29 heavy (non-hydrogen) atoms. The number of aromatic nitrogens is 1. The number of imide groups is 2. The first-order valence-corrected chi connectivity index (χ1v) is 9.58. The molecule has 4 amide bonds. The van der Waals surface area contributed by atoms with E-state index in [4.69, 9.17) is 4.74 Å². The van der Waals surface area contributed by atoms with Crippen molar-refractivity contribution in [3.8, 4) is 5.75 Å². The fourth-order valence-corrected chi connectivity index (χ4v) is 3.69. The average molecular weight is 395 g/mol. The number of anilines is 1. The molecule has 0 radical (unpaired) electrons. The third-order valence-corrected chi connectivity index (χ3v) is 4.85. The summed E-state index contributed by atoms with van der Waals surface area (Å²) in [5.41, 5.74) is 2.94. The van der Waals surface area contributed by atoms with Gasteiger partial charge in [0.05, 0.1) is 12.3 Å². The lowest BCUT2D eigenvalue weighted by atomic mass is 10.1. The Morgan fingerprint density at radius 1 is 1.14 bits per heavy atom. The van der Waals surface area contributed by atoms with Crippen LogP contribution < -0.4 is 15.0 Å². The van der Waals surface area contributed by atoms with Gasteiger partial charge in [-0.05, 0) is 64.5 Å². The standard InChI is InChI=1S/C22H25N3O4/c1-6-29-19-10-8-7-9-18(19)25-21(27)17(20(26)23-22(25)28)12-16-11-14(4)24(13(2)3)15(16)5/h7-13H,6H2,1-5H3,(H,23,26,28)/b17-12+. The maximum absolute atomic E-state index is 13.2.